The van der Waals surface area contributed by atoms with Crippen LogP contribution in [-0.4, -0.2) is 12.6 Å². The number of para-hydroxylation sites is 1. The van der Waals surface area contributed by atoms with E-state index in [1.54, 1.807) is 54.6 Å². The van der Waals surface area contributed by atoms with Gasteiger partial charge < -0.3 is 13.9 Å². The van der Waals surface area contributed by atoms with E-state index in [-0.39, 0.29) is 27.7 Å². The zero-order valence-electron chi connectivity index (χ0n) is 15.7. The second kappa shape index (κ2) is 9.02. The van der Waals surface area contributed by atoms with Gasteiger partial charge in [0.15, 0.2) is 12.4 Å². The fourth-order valence-corrected chi connectivity index (χ4v) is 3.47. The van der Waals surface area contributed by atoms with Crippen LogP contribution in [0.1, 0.15) is 0 Å². The van der Waals surface area contributed by atoms with Gasteiger partial charge in [0.25, 0.3) is 0 Å². The minimum atomic E-state index is -0.802. The third-order valence-corrected chi connectivity index (χ3v) is 5.10. The van der Waals surface area contributed by atoms with Gasteiger partial charge in [0.05, 0.1) is 10.4 Å². The summed E-state index contributed by atoms with van der Waals surface area (Å²) in [5.74, 6) is -0.676. The van der Waals surface area contributed by atoms with Crippen molar-refractivity contribution in [3.05, 3.63) is 92.0 Å². The third kappa shape index (κ3) is 4.69. The fourth-order valence-electron chi connectivity index (χ4n) is 2.88. The molecule has 8 heteroatoms. The summed E-state index contributed by atoms with van der Waals surface area (Å²) in [6.07, 6.45) is 0. The first-order valence-electron chi connectivity index (χ1n) is 9.02. The molecule has 1 heterocycles. The number of hydrogen-bond donors (Lipinski definition) is 0. The Hall–Kier alpha value is -2.99. The van der Waals surface area contributed by atoms with Gasteiger partial charge in [0.1, 0.15) is 11.3 Å². The lowest BCUT2D eigenvalue weighted by molar-refractivity contribution is -0.136. The number of ether oxygens (including phenoxy) is 2. The van der Waals surface area contributed by atoms with Crippen LogP contribution in [0.3, 0.4) is 0 Å². The van der Waals surface area contributed by atoms with Crippen LogP contribution >= 0.6 is 34.8 Å². The van der Waals surface area contributed by atoms with E-state index in [0.29, 0.717) is 21.2 Å². The molecule has 0 aliphatic heterocycles. The van der Waals surface area contributed by atoms with Crippen LogP contribution in [0.5, 0.6) is 11.5 Å². The van der Waals surface area contributed by atoms with Crippen LogP contribution in [0.2, 0.25) is 15.1 Å². The van der Waals surface area contributed by atoms with Crippen LogP contribution in [-0.2, 0) is 4.79 Å². The molecule has 0 fully saturated rings. The Kier molecular flexibility index (Phi) is 6.18. The number of carbonyl (C=O) groups is 1. The molecule has 0 saturated heterocycles. The number of carbonyl (C=O) groups excluding carboxylic acids is 1. The zero-order valence-corrected chi connectivity index (χ0v) is 18.0. The van der Waals surface area contributed by atoms with E-state index < -0.39 is 18.0 Å². The highest BCUT2D eigenvalue weighted by molar-refractivity contribution is 6.35. The highest BCUT2D eigenvalue weighted by Gasteiger charge is 2.21. The lowest BCUT2D eigenvalue weighted by Gasteiger charge is -2.11. The van der Waals surface area contributed by atoms with Crippen molar-refractivity contribution >= 4 is 51.7 Å². The van der Waals surface area contributed by atoms with Crippen molar-refractivity contribution in [3.8, 4) is 22.8 Å². The number of fused-ring (bicyclic) bond motifs is 1. The van der Waals surface area contributed by atoms with E-state index in [0.717, 1.165) is 0 Å². The lowest BCUT2D eigenvalue weighted by atomic mass is 10.1. The molecule has 0 aliphatic rings. The molecular formula is C23H13Cl3O5. The van der Waals surface area contributed by atoms with E-state index >= 15 is 0 Å². The molecule has 3 aromatic carbocycles. The molecule has 0 N–H and O–H groups in total. The van der Waals surface area contributed by atoms with Crippen molar-refractivity contribution < 1.29 is 18.7 Å². The molecule has 0 aliphatic carbocycles. The Balaban J connectivity index is 1.67. The van der Waals surface area contributed by atoms with Crippen molar-refractivity contribution in [1.29, 1.82) is 0 Å². The van der Waals surface area contributed by atoms with E-state index in [4.69, 9.17) is 48.7 Å². The molecular weight excluding hydrogens is 463 g/mol. The van der Waals surface area contributed by atoms with Crippen LogP contribution < -0.4 is 14.9 Å². The summed E-state index contributed by atoms with van der Waals surface area (Å²) in [6.45, 7) is -0.478. The van der Waals surface area contributed by atoms with Gasteiger partial charge in [0, 0.05) is 15.6 Å². The molecule has 31 heavy (non-hydrogen) atoms. The van der Waals surface area contributed by atoms with Crippen LogP contribution in [0.15, 0.2) is 75.9 Å². The number of rotatable bonds is 5. The maximum absolute atomic E-state index is 13.1. The Labute approximate surface area is 191 Å². The Morgan fingerprint density at radius 3 is 2.35 bits per heavy atom. The molecule has 4 aromatic rings. The predicted molar refractivity (Wildman–Crippen MR) is 121 cm³/mol. The normalized spacial score (nSPS) is 10.8. The number of hydrogen-bond acceptors (Lipinski definition) is 5. The minimum Gasteiger partial charge on any atom is -0.480 e. The molecule has 0 amide bonds. The van der Waals surface area contributed by atoms with Gasteiger partial charge in [-0.25, -0.2) is 4.79 Å². The first-order chi connectivity index (χ1) is 14.9. The van der Waals surface area contributed by atoms with Gasteiger partial charge in [-0.2, -0.15) is 0 Å². The summed E-state index contributed by atoms with van der Waals surface area (Å²) in [7, 11) is 0. The quantitative estimate of drug-likeness (QED) is 0.312. The first-order valence-corrected chi connectivity index (χ1v) is 10.2. The molecule has 0 radical (unpaired) electrons. The molecule has 1 aromatic heterocycles. The Morgan fingerprint density at radius 2 is 1.61 bits per heavy atom. The summed E-state index contributed by atoms with van der Waals surface area (Å²) >= 11 is 17.9. The second-order valence-corrected chi connectivity index (χ2v) is 7.71. The molecule has 0 spiro atoms. The standard InChI is InChI=1S/C23H13Cl3O5/c24-14-7-5-13(6-8-14)22-23(21(28)16-3-1-2-4-18(16)30-22)31-20(27)12-29-19-10-9-15(25)11-17(19)26/h1-11H,12H2. The largest absolute Gasteiger partial charge is 0.480 e. The molecule has 0 atom stereocenters. The van der Waals surface area contributed by atoms with E-state index in [1.807, 2.05) is 0 Å². The second-order valence-electron chi connectivity index (χ2n) is 6.43. The van der Waals surface area contributed by atoms with Crippen LogP contribution in [0, 0.1) is 0 Å². The van der Waals surface area contributed by atoms with Gasteiger partial charge in [-0.15, -0.1) is 0 Å². The topological polar surface area (TPSA) is 65.7 Å². The summed E-state index contributed by atoms with van der Waals surface area (Å²) in [6, 6.07) is 17.9. The van der Waals surface area contributed by atoms with Gasteiger partial charge in [-0.3, -0.25) is 4.79 Å². The molecule has 0 unspecified atom stereocenters. The van der Waals surface area contributed by atoms with Crippen molar-refractivity contribution in [2.45, 2.75) is 0 Å². The van der Waals surface area contributed by atoms with Crippen molar-refractivity contribution in [2.75, 3.05) is 6.61 Å². The monoisotopic (exact) mass is 474 g/mol. The van der Waals surface area contributed by atoms with Crippen molar-refractivity contribution in [2.24, 2.45) is 0 Å². The van der Waals surface area contributed by atoms with Crippen LogP contribution in [0.4, 0.5) is 0 Å². The smallest absolute Gasteiger partial charge is 0.349 e. The molecule has 156 valence electrons. The highest BCUT2D eigenvalue weighted by Crippen LogP contribution is 2.32. The van der Waals surface area contributed by atoms with Gasteiger partial charge in [-0.05, 0) is 54.6 Å². The number of esters is 1. The van der Waals surface area contributed by atoms with Gasteiger partial charge in [0.2, 0.25) is 11.2 Å². The average Bonchev–Trinajstić information content (AvgIpc) is 2.75. The maximum Gasteiger partial charge on any atom is 0.349 e. The summed E-state index contributed by atoms with van der Waals surface area (Å²) in [5.41, 5.74) is 0.405. The number of benzene rings is 3. The molecule has 0 saturated carbocycles. The van der Waals surface area contributed by atoms with E-state index in [9.17, 15) is 9.59 Å². The minimum absolute atomic E-state index is 0.109. The van der Waals surface area contributed by atoms with E-state index in [2.05, 4.69) is 0 Å². The maximum atomic E-state index is 13.1. The highest BCUT2D eigenvalue weighted by atomic mass is 35.5. The lowest BCUT2D eigenvalue weighted by Crippen LogP contribution is -2.21. The Bertz CT molecular complexity index is 1330. The Morgan fingerprint density at radius 1 is 0.903 bits per heavy atom. The molecule has 4 rings (SSSR count). The summed E-state index contributed by atoms with van der Waals surface area (Å²) < 4.78 is 16.7. The number of halogens is 3. The molecule has 0 bridgehead atoms. The van der Waals surface area contributed by atoms with E-state index in [1.165, 1.54) is 12.1 Å². The van der Waals surface area contributed by atoms with Crippen LogP contribution in [0.25, 0.3) is 22.3 Å². The SMILES string of the molecule is O=C(COc1ccc(Cl)cc1Cl)Oc1c(-c2ccc(Cl)cc2)oc2ccccc2c1=O. The van der Waals surface area contributed by atoms with Gasteiger partial charge >= 0.3 is 5.97 Å². The first kappa shape index (κ1) is 21.2. The molecule has 5 nitrogen and oxygen atoms in total. The summed E-state index contributed by atoms with van der Waals surface area (Å²) in [4.78, 5) is 25.5. The van der Waals surface area contributed by atoms with Crippen molar-refractivity contribution in [3.63, 3.8) is 0 Å². The van der Waals surface area contributed by atoms with Gasteiger partial charge in [-0.1, -0.05) is 46.9 Å². The predicted octanol–water partition coefficient (Wildman–Crippen LogP) is 6.40. The zero-order chi connectivity index (χ0) is 22.0. The third-order valence-electron chi connectivity index (χ3n) is 4.32. The average molecular weight is 476 g/mol. The van der Waals surface area contributed by atoms with Crippen molar-refractivity contribution in [1.82, 2.24) is 0 Å². The summed E-state index contributed by atoms with van der Waals surface area (Å²) in [5, 5.41) is 1.47. The fraction of sp³-hybridized carbons (Fsp3) is 0.0435.